The van der Waals surface area contributed by atoms with E-state index in [2.05, 4.69) is 16.9 Å². The summed E-state index contributed by atoms with van der Waals surface area (Å²) in [5, 5.41) is 4.88. The fourth-order valence-corrected chi connectivity index (χ4v) is 1.85. The van der Waals surface area contributed by atoms with E-state index in [9.17, 15) is 4.39 Å². The smallest absolute Gasteiger partial charge is 0.124 e. The first-order valence-electron chi connectivity index (χ1n) is 5.77. The molecular formula is C14H13ClFN3. The molecule has 0 aliphatic heterocycles. The van der Waals surface area contributed by atoms with E-state index in [4.69, 9.17) is 17.3 Å². The summed E-state index contributed by atoms with van der Waals surface area (Å²) in [5.74, 6) is 5.28. The van der Waals surface area contributed by atoms with Crippen molar-refractivity contribution in [1.82, 2.24) is 9.78 Å². The Morgan fingerprint density at radius 3 is 2.89 bits per heavy atom. The van der Waals surface area contributed by atoms with Crippen LogP contribution in [0.25, 0.3) is 0 Å². The molecule has 2 aromatic rings. The summed E-state index contributed by atoms with van der Waals surface area (Å²) >= 11 is 5.96. The summed E-state index contributed by atoms with van der Waals surface area (Å²) in [6.07, 6.45) is 1.74. The minimum Gasteiger partial charge on any atom is -0.320 e. The first-order valence-corrected chi connectivity index (χ1v) is 6.15. The molecule has 98 valence electrons. The summed E-state index contributed by atoms with van der Waals surface area (Å²) in [6.45, 7) is 2.56. The topological polar surface area (TPSA) is 43.8 Å². The molecule has 2 rings (SSSR count). The minimum atomic E-state index is -0.320. The SMILES string of the molecule is Cc1nn(Cc2ccc(F)cc2C#CCN)cc1Cl. The molecule has 0 radical (unpaired) electrons. The molecule has 3 nitrogen and oxygen atoms in total. The molecule has 0 spiro atoms. The van der Waals surface area contributed by atoms with Gasteiger partial charge in [0, 0.05) is 11.8 Å². The second-order valence-corrected chi connectivity index (χ2v) is 4.47. The molecule has 1 aromatic heterocycles. The van der Waals surface area contributed by atoms with Crippen molar-refractivity contribution in [2.24, 2.45) is 5.73 Å². The second kappa shape index (κ2) is 5.87. The van der Waals surface area contributed by atoms with Crippen LogP contribution in [-0.2, 0) is 6.54 Å². The minimum absolute atomic E-state index is 0.239. The lowest BCUT2D eigenvalue weighted by atomic mass is 10.1. The Balaban J connectivity index is 2.33. The molecule has 19 heavy (non-hydrogen) atoms. The Kier molecular flexibility index (Phi) is 4.20. The average molecular weight is 278 g/mol. The van der Waals surface area contributed by atoms with Crippen molar-refractivity contribution in [2.75, 3.05) is 6.54 Å². The Hall–Kier alpha value is -1.83. The normalized spacial score (nSPS) is 10.1. The van der Waals surface area contributed by atoms with Gasteiger partial charge in [0.15, 0.2) is 0 Å². The lowest BCUT2D eigenvalue weighted by Crippen LogP contribution is -2.03. The molecule has 0 bridgehead atoms. The molecule has 0 atom stereocenters. The first kappa shape index (κ1) is 13.6. The van der Waals surface area contributed by atoms with Gasteiger partial charge in [0.25, 0.3) is 0 Å². The molecule has 0 aliphatic carbocycles. The van der Waals surface area contributed by atoms with Crippen LogP contribution in [0, 0.1) is 24.6 Å². The average Bonchev–Trinajstić information content (AvgIpc) is 2.68. The summed E-state index contributed by atoms with van der Waals surface area (Å²) in [4.78, 5) is 0. The van der Waals surface area contributed by atoms with Gasteiger partial charge in [0.05, 0.1) is 23.8 Å². The molecular weight excluding hydrogens is 265 g/mol. The summed E-state index contributed by atoms with van der Waals surface area (Å²) in [7, 11) is 0. The monoisotopic (exact) mass is 277 g/mol. The fourth-order valence-electron chi connectivity index (χ4n) is 1.70. The molecule has 0 saturated carbocycles. The molecule has 2 N–H and O–H groups in total. The van der Waals surface area contributed by atoms with Crippen LogP contribution in [-0.4, -0.2) is 16.3 Å². The van der Waals surface area contributed by atoms with E-state index in [1.807, 2.05) is 6.92 Å². The Bertz CT molecular complexity index is 633. The van der Waals surface area contributed by atoms with Crippen molar-refractivity contribution in [1.29, 1.82) is 0 Å². The molecule has 0 saturated heterocycles. The van der Waals surface area contributed by atoms with E-state index in [0.717, 1.165) is 11.3 Å². The van der Waals surface area contributed by atoms with Crippen LogP contribution in [0.5, 0.6) is 0 Å². The number of hydrogen-bond acceptors (Lipinski definition) is 2. The van der Waals surface area contributed by atoms with Crippen molar-refractivity contribution in [2.45, 2.75) is 13.5 Å². The van der Waals surface area contributed by atoms with Crippen molar-refractivity contribution < 1.29 is 4.39 Å². The van der Waals surface area contributed by atoms with E-state index >= 15 is 0 Å². The van der Waals surface area contributed by atoms with Gasteiger partial charge in [-0.1, -0.05) is 29.5 Å². The highest BCUT2D eigenvalue weighted by Crippen LogP contribution is 2.16. The van der Waals surface area contributed by atoms with E-state index < -0.39 is 0 Å². The van der Waals surface area contributed by atoms with E-state index in [1.54, 1.807) is 16.9 Å². The highest BCUT2D eigenvalue weighted by Gasteiger charge is 2.06. The number of nitrogens with two attached hydrogens (primary N) is 1. The number of benzene rings is 1. The third-order valence-electron chi connectivity index (χ3n) is 2.62. The number of aryl methyl sites for hydroxylation is 1. The van der Waals surface area contributed by atoms with Gasteiger partial charge in [-0.25, -0.2) is 4.39 Å². The summed E-state index contributed by atoms with van der Waals surface area (Å²) in [5.41, 5.74) is 7.60. The lowest BCUT2D eigenvalue weighted by Gasteiger charge is -2.05. The number of rotatable bonds is 2. The third kappa shape index (κ3) is 3.34. The molecule has 1 aromatic carbocycles. The van der Waals surface area contributed by atoms with Crippen molar-refractivity contribution in [3.63, 3.8) is 0 Å². The highest BCUT2D eigenvalue weighted by molar-refractivity contribution is 6.31. The van der Waals surface area contributed by atoms with Crippen LogP contribution in [0.1, 0.15) is 16.8 Å². The molecule has 1 heterocycles. The van der Waals surface area contributed by atoms with Gasteiger partial charge in [-0.05, 0) is 24.6 Å². The Labute approximate surface area is 116 Å². The van der Waals surface area contributed by atoms with Gasteiger partial charge in [0.2, 0.25) is 0 Å². The molecule has 0 fully saturated rings. The third-order valence-corrected chi connectivity index (χ3v) is 2.99. The van der Waals surface area contributed by atoms with Crippen LogP contribution in [0.3, 0.4) is 0 Å². The maximum Gasteiger partial charge on any atom is 0.124 e. The number of aromatic nitrogens is 2. The first-order chi connectivity index (χ1) is 9.10. The maximum atomic E-state index is 13.2. The largest absolute Gasteiger partial charge is 0.320 e. The van der Waals surface area contributed by atoms with Gasteiger partial charge in [-0.3, -0.25) is 4.68 Å². The Morgan fingerprint density at radius 1 is 1.47 bits per heavy atom. The second-order valence-electron chi connectivity index (χ2n) is 4.07. The fraction of sp³-hybridized carbons (Fsp3) is 0.214. The van der Waals surface area contributed by atoms with Crippen molar-refractivity contribution in [3.8, 4) is 11.8 Å². The Morgan fingerprint density at radius 2 is 2.26 bits per heavy atom. The lowest BCUT2D eigenvalue weighted by molar-refractivity contribution is 0.623. The standard InChI is InChI=1S/C14H13ClFN3/c1-10-14(15)9-19(18-10)8-12-4-5-13(16)7-11(12)3-2-6-17/h4-5,7,9H,6,8,17H2,1H3. The van der Waals surface area contributed by atoms with Crippen LogP contribution < -0.4 is 5.73 Å². The van der Waals surface area contributed by atoms with Crippen LogP contribution in [0.15, 0.2) is 24.4 Å². The predicted octanol–water partition coefficient (Wildman–Crippen LogP) is 2.34. The predicted molar refractivity (Wildman–Crippen MR) is 73.4 cm³/mol. The van der Waals surface area contributed by atoms with Gasteiger partial charge >= 0.3 is 0 Å². The molecule has 0 aliphatic rings. The van der Waals surface area contributed by atoms with Gasteiger partial charge in [-0.15, -0.1) is 0 Å². The van der Waals surface area contributed by atoms with Crippen molar-refractivity contribution >= 4 is 11.6 Å². The van der Waals surface area contributed by atoms with Crippen molar-refractivity contribution in [3.05, 3.63) is 52.1 Å². The van der Waals surface area contributed by atoms with Crippen LogP contribution in [0.4, 0.5) is 4.39 Å². The van der Waals surface area contributed by atoms with E-state index in [0.29, 0.717) is 17.1 Å². The maximum absolute atomic E-state index is 13.2. The molecule has 0 amide bonds. The summed E-state index contributed by atoms with van der Waals surface area (Å²) < 4.78 is 14.9. The quantitative estimate of drug-likeness (QED) is 0.857. The highest BCUT2D eigenvalue weighted by atomic mass is 35.5. The molecule has 5 heteroatoms. The van der Waals surface area contributed by atoms with Gasteiger partial charge in [0.1, 0.15) is 5.82 Å². The zero-order valence-electron chi connectivity index (χ0n) is 10.5. The van der Waals surface area contributed by atoms with Crippen LogP contribution >= 0.6 is 11.6 Å². The van der Waals surface area contributed by atoms with Gasteiger partial charge < -0.3 is 5.73 Å². The zero-order chi connectivity index (χ0) is 13.8. The van der Waals surface area contributed by atoms with E-state index in [-0.39, 0.29) is 12.4 Å². The molecule has 0 unspecified atom stereocenters. The van der Waals surface area contributed by atoms with E-state index in [1.165, 1.54) is 12.1 Å². The number of hydrogen-bond donors (Lipinski definition) is 1. The number of nitrogens with zero attached hydrogens (tertiary/aromatic N) is 2. The summed E-state index contributed by atoms with van der Waals surface area (Å²) in [6, 6.07) is 4.50. The van der Waals surface area contributed by atoms with Gasteiger partial charge in [-0.2, -0.15) is 5.10 Å². The zero-order valence-corrected chi connectivity index (χ0v) is 11.2. The van der Waals surface area contributed by atoms with Crippen LogP contribution in [0.2, 0.25) is 5.02 Å². The number of halogens is 2.